The number of rotatable bonds is 6. The number of nitrogens with one attached hydrogen (secondary N) is 1. The molecule has 256 valence electrons. The predicted octanol–water partition coefficient (Wildman–Crippen LogP) is 7.15. The summed E-state index contributed by atoms with van der Waals surface area (Å²) < 4.78 is 22.3. The van der Waals surface area contributed by atoms with Gasteiger partial charge in [0, 0.05) is 37.8 Å². The summed E-state index contributed by atoms with van der Waals surface area (Å²) in [6.45, 7) is 18.1. The van der Waals surface area contributed by atoms with Gasteiger partial charge in [-0.05, 0) is 64.7 Å². The maximum atomic E-state index is 15.2. The third kappa shape index (κ3) is 6.67. The number of carbonyl (C=O) groups is 1. The first kappa shape index (κ1) is 35.0. The molecule has 1 saturated heterocycles. The zero-order valence-electron chi connectivity index (χ0n) is 29.2. The molecule has 0 unspecified atom stereocenters. The van der Waals surface area contributed by atoms with Crippen molar-refractivity contribution in [2.75, 3.05) is 30.4 Å². The lowest BCUT2D eigenvalue weighted by Crippen LogP contribution is -2.59. The van der Waals surface area contributed by atoms with E-state index in [1.165, 1.54) is 10.6 Å². The molecule has 0 radical (unpaired) electrons. The first-order chi connectivity index (χ1) is 22.5. The van der Waals surface area contributed by atoms with Crippen molar-refractivity contribution in [2.24, 2.45) is 0 Å². The van der Waals surface area contributed by atoms with Crippen LogP contribution in [0.2, 0.25) is 5.02 Å². The van der Waals surface area contributed by atoms with Gasteiger partial charge in [0.2, 0.25) is 5.95 Å². The van der Waals surface area contributed by atoms with Crippen LogP contribution in [0, 0.1) is 5.82 Å². The molecule has 1 N–H and O–H groups in total. The molecule has 4 heterocycles. The van der Waals surface area contributed by atoms with Crippen LogP contribution in [0.5, 0.6) is 0 Å². The largest absolute Gasteiger partial charge is 0.444 e. The molecule has 1 aromatic carbocycles. The summed E-state index contributed by atoms with van der Waals surface area (Å²) in [5, 5.41) is 3.72. The fraction of sp³-hybridized carbons (Fsp3) is 0.486. The van der Waals surface area contributed by atoms with Crippen molar-refractivity contribution in [3.63, 3.8) is 0 Å². The quantitative estimate of drug-likeness (QED) is 0.227. The van der Waals surface area contributed by atoms with Gasteiger partial charge in [-0.2, -0.15) is 4.98 Å². The molecule has 0 bridgehead atoms. The van der Waals surface area contributed by atoms with Gasteiger partial charge in [0.25, 0.3) is 0 Å². The van der Waals surface area contributed by atoms with Crippen LogP contribution in [0.25, 0.3) is 28.0 Å². The minimum atomic E-state index is -0.642. The van der Waals surface area contributed by atoms with Crippen LogP contribution in [0.4, 0.5) is 21.0 Å². The highest BCUT2D eigenvalue weighted by Crippen LogP contribution is 2.37. The lowest BCUT2D eigenvalue weighted by molar-refractivity contribution is 0.0130. The minimum absolute atomic E-state index is 0.102. The monoisotopic (exact) mass is 678 g/mol. The summed E-state index contributed by atoms with van der Waals surface area (Å²) in [7, 11) is 1.75. The van der Waals surface area contributed by atoms with Gasteiger partial charge in [0.15, 0.2) is 5.65 Å². The maximum absolute atomic E-state index is 15.2. The van der Waals surface area contributed by atoms with Gasteiger partial charge in [0.1, 0.15) is 17.2 Å². The number of nitrogens with zero attached hydrogens (tertiary/aromatic N) is 7. The molecule has 48 heavy (non-hydrogen) atoms. The Hall–Kier alpha value is -4.32. The number of halogens is 2. The number of benzene rings is 1. The Balaban J connectivity index is 1.80. The molecule has 1 fully saturated rings. The predicted molar refractivity (Wildman–Crippen MR) is 188 cm³/mol. The summed E-state index contributed by atoms with van der Waals surface area (Å²) in [6, 6.07) is 7.41. The van der Waals surface area contributed by atoms with E-state index >= 15 is 4.39 Å². The van der Waals surface area contributed by atoms with Crippen molar-refractivity contribution in [3.8, 4) is 16.9 Å². The number of anilines is 2. The molecular weight excluding hydrogens is 635 g/mol. The third-order valence-electron chi connectivity index (χ3n) is 8.30. The first-order valence-electron chi connectivity index (χ1n) is 16.3. The van der Waals surface area contributed by atoms with Crippen molar-refractivity contribution >= 4 is 40.5 Å². The summed E-state index contributed by atoms with van der Waals surface area (Å²) in [6.07, 6.45) is -0.401. The molecule has 13 heteroatoms. The van der Waals surface area contributed by atoms with Gasteiger partial charge >= 0.3 is 11.8 Å². The van der Waals surface area contributed by atoms with Crippen molar-refractivity contribution in [2.45, 2.75) is 91.8 Å². The Labute approximate surface area is 285 Å². The van der Waals surface area contributed by atoms with E-state index < -0.39 is 23.2 Å². The molecule has 1 aliphatic rings. The fourth-order valence-electron chi connectivity index (χ4n) is 6.00. The second kappa shape index (κ2) is 13.3. The number of piperazine rings is 1. The van der Waals surface area contributed by atoms with Gasteiger partial charge in [-0.15, -0.1) is 0 Å². The fourth-order valence-corrected chi connectivity index (χ4v) is 6.25. The Morgan fingerprint density at radius 1 is 1.00 bits per heavy atom. The van der Waals surface area contributed by atoms with Crippen LogP contribution in [0.3, 0.4) is 0 Å². The average Bonchev–Trinajstić information content (AvgIpc) is 3.00. The van der Waals surface area contributed by atoms with Crippen LogP contribution < -0.4 is 15.9 Å². The van der Waals surface area contributed by atoms with E-state index in [1.54, 1.807) is 36.2 Å². The van der Waals surface area contributed by atoms with E-state index in [0.717, 1.165) is 0 Å². The lowest BCUT2D eigenvalue weighted by atomic mass is 10.0. The standard InChI is InChI=1S/C35H44ClFN8O3/c1-18(2)26-29(27(19(3)4)41-32(38-10)40-26)45-31-23(15-24(36)28(39-31)22-13-11-12-14-25(22)37)30(42-33(45)46)43-16-21(6)44(17-20(43)5)34(47)48-35(7,8)9/h11-15,18-21H,16-17H2,1-10H3,(H,38,40,41)/t20-,21+/m0/s1. The van der Waals surface area contributed by atoms with Crippen molar-refractivity contribution < 1.29 is 13.9 Å². The maximum Gasteiger partial charge on any atom is 0.410 e. The molecule has 3 aromatic heterocycles. The number of amides is 1. The Kier molecular flexibility index (Phi) is 9.69. The zero-order valence-corrected chi connectivity index (χ0v) is 30.0. The van der Waals surface area contributed by atoms with Gasteiger partial charge in [-0.3, -0.25) is 0 Å². The summed E-state index contributed by atoms with van der Waals surface area (Å²) in [5.74, 6) is 0.0991. The number of carbonyl (C=O) groups excluding carboxylic acids is 1. The normalized spacial score (nSPS) is 17.0. The summed E-state index contributed by atoms with van der Waals surface area (Å²) >= 11 is 6.89. The zero-order chi connectivity index (χ0) is 35.2. The second-order valence-electron chi connectivity index (χ2n) is 13.9. The molecule has 2 atom stereocenters. The molecule has 5 rings (SSSR count). The van der Waals surface area contributed by atoms with E-state index in [1.807, 2.05) is 67.2 Å². The first-order valence-corrected chi connectivity index (χ1v) is 16.6. The molecule has 1 aliphatic heterocycles. The smallest absolute Gasteiger partial charge is 0.410 e. The van der Waals surface area contributed by atoms with E-state index in [4.69, 9.17) is 31.3 Å². The molecule has 4 aromatic rings. The van der Waals surface area contributed by atoms with Crippen molar-refractivity contribution in [1.82, 2.24) is 29.4 Å². The van der Waals surface area contributed by atoms with Crippen LogP contribution in [0.1, 0.15) is 85.5 Å². The highest BCUT2D eigenvalue weighted by molar-refractivity contribution is 6.33. The number of fused-ring (bicyclic) bond motifs is 1. The molecule has 1 amide bonds. The highest BCUT2D eigenvalue weighted by Gasteiger charge is 2.37. The number of hydrogen-bond donors (Lipinski definition) is 1. The Bertz CT molecular complexity index is 1890. The molecule has 0 aliphatic carbocycles. The van der Waals surface area contributed by atoms with Gasteiger partial charge < -0.3 is 19.9 Å². The van der Waals surface area contributed by atoms with E-state index in [-0.39, 0.29) is 45.8 Å². The topological polar surface area (TPSA) is 118 Å². The van der Waals surface area contributed by atoms with E-state index in [2.05, 4.69) is 10.3 Å². The van der Waals surface area contributed by atoms with Crippen LogP contribution in [-0.2, 0) is 4.74 Å². The van der Waals surface area contributed by atoms with Gasteiger partial charge in [0.05, 0.1) is 33.2 Å². The van der Waals surface area contributed by atoms with Crippen LogP contribution in [-0.4, -0.2) is 73.3 Å². The van der Waals surface area contributed by atoms with E-state index in [9.17, 15) is 9.59 Å². The van der Waals surface area contributed by atoms with Crippen LogP contribution in [0.15, 0.2) is 35.1 Å². The molecule has 11 nitrogen and oxygen atoms in total. The number of ether oxygens (including phenoxy) is 1. The number of hydrogen-bond acceptors (Lipinski definition) is 9. The molecule has 0 spiro atoms. The summed E-state index contributed by atoms with van der Waals surface area (Å²) in [4.78, 5) is 50.4. The Morgan fingerprint density at radius 3 is 2.19 bits per heavy atom. The number of aromatic nitrogens is 5. The lowest BCUT2D eigenvalue weighted by Gasteiger charge is -2.44. The molecule has 0 saturated carbocycles. The van der Waals surface area contributed by atoms with Gasteiger partial charge in [-0.1, -0.05) is 51.4 Å². The highest BCUT2D eigenvalue weighted by atomic mass is 35.5. The van der Waals surface area contributed by atoms with Crippen LogP contribution >= 0.6 is 11.6 Å². The SMILES string of the molecule is CNc1nc(C(C)C)c(-n2c(=O)nc(N3C[C@@H](C)N(C(=O)OC(C)(C)C)C[C@@H]3C)c3cc(Cl)c(-c4ccccc4F)nc32)c(C(C)C)n1. The van der Waals surface area contributed by atoms with E-state index in [0.29, 0.717) is 47.3 Å². The Morgan fingerprint density at radius 2 is 1.62 bits per heavy atom. The molecular formula is C35H44ClFN8O3. The second-order valence-corrected chi connectivity index (χ2v) is 14.3. The average molecular weight is 679 g/mol. The van der Waals surface area contributed by atoms with Crippen molar-refractivity contribution in [3.05, 3.63) is 63.0 Å². The van der Waals surface area contributed by atoms with Gasteiger partial charge in [-0.25, -0.2) is 33.5 Å². The minimum Gasteiger partial charge on any atom is -0.444 e. The van der Waals surface area contributed by atoms with Crippen molar-refractivity contribution in [1.29, 1.82) is 0 Å². The number of pyridine rings is 1. The summed E-state index contributed by atoms with van der Waals surface area (Å²) in [5.41, 5.74) is 1.15. The third-order valence-corrected chi connectivity index (χ3v) is 8.58.